The molecular formula is C30H35F2N3O3. The summed E-state index contributed by atoms with van der Waals surface area (Å²) in [6.45, 7) is 4.51. The number of benzene rings is 2. The highest BCUT2D eigenvalue weighted by atomic mass is 19.1. The third-order valence-corrected chi connectivity index (χ3v) is 6.06. The SMILES string of the molecule is Cc1cccc(CNC[C@@H](O)CN(CC2=CC(F)=CC(F)=CC2)C(=O)c2cc(C)cc(C(=O)N(C)C)c2)c1. The zero-order valence-corrected chi connectivity index (χ0v) is 22.3. The van der Waals surface area contributed by atoms with Crippen molar-refractivity contribution in [3.05, 3.63) is 106 Å². The van der Waals surface area contributed by atoms with Crippen LogP contribution in [-0.4, -0.2) is 66.6 Å². The molecule has 0 spiro atoms. The van der Waals surface area contributed by atoms with Gasteiger partial charge in [-0.25, -0.2) is 8.78 Å². The first kappa shape index (κ1) is 28.9. The molecule has 1 aliphatic carbocycles. The number of carbonyl (C=O) groups is 2. The Hall–Kier alpha value is -3.62. The van der Waals surface area contributed by atoms with Crippen LogP contribution in [0, 0.1) is 13.8 Å². The highest BCUT2D eigenvalue weighted by Crippen LogP contribution is 2.21. The van der Waals surface area contributed by atoms with Crippen molar-refractivity contribution in [1.82, 2.24) is 15.1 Å². The lowest BCUT2D eigenvalue weighted by Crippen LogP contribution is -2.42. The van der Waals surface area contributed by atoms with Crippen LogP contribution in [0.3, 0.4) is 0 Å². The van der Waals surface area contributed by atoms with E-state index in [0.717, 1.165) is 22.8 Å². The maximum atomic E-state index is 14.1. The highest BCUT2D eigenvalue weighted by molar-refractivity contribution is 6.00. The second-order valence-corrected chi connectivity index (χ2v) is 9.87. The van der Waals surface area contributed by atoms with E-state index in [1.807, 2.05) is 31.2 Å². The van der Waals surface area contributed by atoms with Crippen LogP contribution in [0.4, 0.5) is 8.78 Å². The monoisotopic (exact) mass is 523 g/mol. The number of hydrogen-bond acceptors (Lipinski definition) is 4. The van der Waals surface area contributed by atoms with Gasteiger partial charge in [-0.1, -0.05) is 29.8 Å². The first-order valence-electron chi connectivity index (χ1n) is 12.5. The second kappa shape index (κ2) is 13.3. The Morgan fingerprint density at radius 3 is 2.37 bits per heavy atom. The van der Waals surface area contributed by atoms with Gasteiger partial charge < -0.3 is 20.2 Å². The number of carbonyl (C=O) groups excluding carboxylic acids is 2. The summed E-state index contributed by atoms with van der Waals surface area (Å²) in [5.74, 6) is -2.09. The van der Waals surface area contributed by atoms with Gasteiger partial charge in [0.15, 0.2) is 0 Å². The van der Waals surface area contributed by atoms with Crippen molar-refractivity contribution >= 4 is 11.8 Å². The van der Waals surface area contributed by atoms with Crippen LogP contribution in [0.5, 0.6) is 0 Å². The normalized spacial score (nSPS) is 14.1. The molecule has 1 atom stereocenters. The van der Waals surface area contributed by atoms with E-state index in [1.165, 1.54) is 28.0 Å². The molecule has 3 rings (SSSR count). The van der Waals surface area contributed by atoms with E-state index in [0.29, 0.717) is 17.7 Å². The zero-order chi connectivity index (χ0) is 27.8. The number of halogens is 2. The third-order valence-electron chi connectivity index (χ3n) is 6.06. The number of nitrogens with zero attached hydrogens (tertiary/aromatic N) is 2. The van der Waals surface area contributed by atoms with Crippen LogP contribution in [0.1, 0.15) is 43.8 Å². The van der Waals surface area contributed by atoms with Crippen molar-refractivity contribution in [3.63, 3.8) is 0 Å². The van der Waals surface area contributed by atoms with Gasteiger partial charge in [0.1, 0.15) is 11.7 Å². The van der Waals surface area contributed by atoms with E-state index < -0.39 is 23.7 Å². The average molecular weight is 524 g/mol. The van der Waals surface area contributed by atoms with Gasteiger partial charge in [-0.2, -0.15) is 0 Å². The highest BCUT2D eigenvalue weighted by Gasteiger charge is 2.23. The van der Waals surface area contributed by atoms with Crippen molar-refractivity contribution < 1.29 is 23.5 Å². The lowest BCUT2D eigenvalue weighted by atomic mass is 10.0. The molecule has 0 aliphatic heterocycles. The average Bonchev–Trinajstić information content (AvgIpc) is 3.01. The first-order chi connectivity index (χ1) is 18.0. The number of hydrogen-bond donors (Lipinski definition) is 2. The van der Waals surface area contributed by atoms with E-state index in [4.69, 9.17) is 0 Å². The minimum absolute atomic E-state index is 0.0102. The lowest BCUT2D eigenvalue weighted by molar-refractivity contribution is 0.0642. The third kappa shape index (κ3) is 8.46. The number of nitrogens with one attached hydrogen (secondary N) is 1. The fourth-order valence-corrected chi connectivity index (χ4v) is 4.28. The van der Waals surface area contributed by atoms with E-state index in [9.17, 15) is 23.5 Å². The Kier molecular flexibility index (Phi) is 10.1. The van der Waals surface area contributed by atoms with Crippen LogP contribution in [0.25, 0.3) is 0 Å². The zero-order valence-electron chi connectivity index (χ0n) is 22.3. The minimum atomic E-state index is -0.921. The molecular weight excluding hydrogens is 488 g/mol. The van der Waals surface area contributed by atoms with Gasteiger partial charge in [0.2, 0.25) is 0 Å². The van der Waals surface area contributed by atoms with Gasteiger partial charge in [0, 0.05) is 57.5 Å². The van der Waals surface area contributed by atoms with Gasteiger partial charge >= 0.3 is 0 Å². The van der Waals surface area contributed by atoms with E-state index in [2.05, 4.69) is 5.32 Å². The quantitative estimate of drug-likeness (QED) is 0.476. The van der Waals surface area contributed by atoms with Crippen LogP contribution in [0.2, 0.25) is 0 Å². The Bertz CT molecular complexity index is 1270. The molecule has 0 saturated heterocycles. The van der Waals surface area contributed by atoms with Crippen molar-refractivity contribution in [2.45, 2.75) is 32.9 Å². The predicted octanol–water partition coefficient (Wildman–Crippen LogP) is 4.64. The van der Waals surface area contributed by atoms with Gasteiger partial charge in [0.25, 0.3) is 11.8 Å². The van der Waals surface area contributed by atoms with Crippen molar-refractivity contribution in [2.75, 3.05) is 33.7 Å². The molecule has 202 valence electrons. The maximum absolute atomic E-state index is 14.1. The standard InChI is InChI=1S/C30H35F2N3O3/c1-20-6-5-7-22(10-20)16-33-17-28(36)19-35(18-23-8-9-26(31)15-27(32)13-23)30(38)25-12-21(2)11-24(14-25)29(37)34(3)4/h5-7,9-15,28,33,36H,8,16-19H2,1-4H3/t28-/m1/s1. The lowest BCUT2D eigenvalue weighted by Gasteiger charge is -2.27. The fraction of sp³-hybridized carbons (Fsp3) is 0.333. The largest absolute Gasteiger partial charge is 0.390 e. The molecule has 6 nitrogen and oxygen atoms in total. The molecule has 0 heterocycles. The topological polar surface area (TPSA) is 72.9 Å². The molecule has 2 aromatic rings. The summed E-state index contributed by atoms with van der Waals surface area (Å²) in [5.41, 5.74) is 4.07. The van der Waals surface area contributed by atoms with E-state index in [-0.39, 0.29) is 37.5 Å². The maximum Gasteiger partial charge on any atom is 0.254 e. The summed E-state index contributed by atoms with van der Waals surface area (Å²) in [4.78, 5) is 29.0. The Balaban J connectivity index is 1.80. The molecule has 2 N–H and O–H groups in total. The van der Waals surface area contributed by atoms with Gasteiger partial charge in [0.05, 0.1) is 6.10 Å². The van der Waals surface area contributed by atoms with Gasteiger partial charge in [-0.3, -0.25) is 9.59 Å². The molecule has 2 amide bonds. The van der Waals surface area contributed by atoms with Crippen LogP contribution in [0.15, 0.2) is 77.9 Å². The summed E-state index contributed by atoms with van der Waals surface area (Å²) < 4.78 is 27.8. The van der Waals surface area contributed by atoms with Crippen molar-refractivity contribution in [2.24, 2.45) is 0 Å². The minimum Gasteiger partial charge on any atom is -0.390 e. The van der Waals surface area contributed by atoms with Crippen LogP contribution in [-0.2, 0) is 6.54 Å². The smallest absolute Gasteiger partial charge is 0.254 e. The number of aryl methyl sites for hydroxylation is 2. The predicted molar refractivity (Wildman–Crippen MR) is 145 cm³/mol. The first-order valence-corrected chi connectivity index (χ1v) is 12.5. The molecule has 0 aromatic heterocycles. The molecule has 0 unspecified atom stereocenters. The number of allylic oxidation sites excluding steroid dienone is 5. The summed E-state index contributed by atoms with van der Waals surface area (Å²) in [5, 5.41) is 14.0. The van der Waals surface area contributed by atoms with Gasteiger partial charge in [-0.05, 0) is 67.3 Å². The number of aliphatic hydroxyl groups excluding tert-OH is 1. The van der Waals surface area contributed by atoms with Crippen LogP contribution < -0.4 is 5.32 Å². The Labute approximate surface area is 223 Å². The number of aliphatic hydroxyl groups is 1. The molecule has 0 bridgehead atoms. The Morgan fingerprint density at radius 2 is 1.68 bits per heavy atom. The molecule has 0 radical (unpaired) electrons. The fourth-order valence-electron chi connectivity index (χ4n) is 4.28. The van der Waals surface area contributed by atoms with E-state index in [1.54, 1.807) is 33.2 Å². The van der Waals surface area contributed by atoms with Crippen molar-refractivity contribution in [1.29, 1.82) is 0 Å². The van der Waals surface area contributed by atoms with Crippen molar-refractivity contribution in [3.8, 4) is 0 Å². The van der Waals surface area contributed by atoms with E-state index >= 15 is 0 Å². The molecule has 2 aromatic carbocycles. The second-order valence-electron chi connectivity index (χ2n) is 9.87. The molecule has 1 aliphatic rings. The summed E-state index contributed by atoms with van der Waals surface area (Å²) in [6, 6.07) is 12.9. The summed E-state index contributed by atoms with van der Waals surface area (Å²) in [6.07, 6.45) is 2.46. The van der Waals surface area contributed by atoms with Gasteiger partial charge in [-0.15, -0.1) is 0 Å². The van der Waals surface area contributed by atoms with Crippen LogP contribution >= 0.6 is 0 Å². The molecule has 0 saturated carbocycles. The number of amides is 2. The molecule has 8 heteroatoms. The summed E-state index contributed by atoms with van der Waals surface area (Å²) in [7, 11) is 3.26. The Morgan fingerprint density at radius 1 is 0.974 bits per heavy atom. The molecule has 38 heavy (non-hydrogen) atoms. The number of rotatable bonds is 10. The summed E-state index contributed by atoms with van der Waals surface area (Å²) >= 11 is 0. The molecule has 0 fully saturated rings.